The molecule has 8 heteroatoms. The topological polar surface area (TPSA) is 47.6 Å². The lowest BCUT2D eigenvalue weighted by Gasteiger charge is -2.11. The summed E-state index contributed by atoms with van der Waals surface area (Å²) in [4.78, 5) is 12.9. The predicted octanol–water partition coefficient (Wildman–Crippen LogP) is 6.14. The summed E-state index contributed by atoms with van der Waals surface area (Å²) in [5.41, 5.74) is 1.99. The van der Waals surface area contributed by atoms with Crippen LogP contribution < -0.4 is 14.8 Å². The van der Waals surface area contributed by atoms with Crippen molar-refractivity contribution >= 4 is 34.5 Å². The minimum atomic E-state index is -2.98. The van der Waals surface area contributed by atoms with Crippen LogP contribution >= 0.6 is 22.9 Å². The fourth-order valence-corrected chi connectivity index (χ4v) is 3.37. The number of alkyl halides is 2. The van der Waals surface area contributed by atoms with Crippen LogP contribution in [0.25, 0.3) is 0 Å². The lowest BCUT2D eigenvalue weighted by Crippen LogP contribution is -2.12. The van der Waals surface area contributed by atoms with Crippen molar-refractivity contribution in [2.75, 3.05) is 5.32 Å². The summed E-state index contributed by atoms with van der Waals surface area (Å²) in [6, 6.07) is 13.2. The lowest BCUT2D eigenvalue weighted by atomic mass is 10.2. The quantitative estimate of drug-likeness (QED) is 0.496. The Morgan fingerprint density at radius 3 is 2.75 bits per heavy atom. The molecular weight excluding hydrogens is 408 g/mol. The number of amides is 1. The second-order valence-electron chi connectivity index (χ2n) is 5.87. The SMILES string of the molecule is Cc1ccc(Cl)c(OCc2csc(C(=O)Nc3ccccc3OC(F)F)c2)c1. The highest BCUT2D eigenvalue weighted by molar-refractivity contribution is 7.12. The first-order chi connectivity index (χ1) is 13.4. The molecule has 0 aliphatic carbocycles. The van der Waals surface area contributed by atoms with Gasteiger partial charge >= 0.3 is 6.61 Å². The van der Waals surface area contributed by atoms with Crippen LogP contribution in [-0.4, -0.2) is 12.5 Å². The highest BCUT2D eigenvalue weighted by atomic mass is 35.5. The molecule has 146 valence electrons. The number of anilines is 1. The number of benzene rings is 2. The molecule has 0 saturated carbocycles. The summed E-state index contributed by atoms with van der Waals surface area (Å²) in [5, 5.41) is 4.89. The Morgan fingerprint density at radius 2 is 1.96 bits per heavy atom. The van der Waals surface area contributed by atoms with Crippen LogP contribution in [0.15, 0.2) is 53.9 Å². The third-order valence-electron chi connectivity index (χ3n) is 3.71. The Kier molecular flexibility index (Phi) is 6.49. The number of nitrogens with one attached hydrogen (secondary N) is 1. The number of rotatable bonds is 7. The lowest BCUT2D eigenvalue weighted by molar-refractivity contribution is -0.0493. The molecule has 0 unspecified atom stereocenters. The van der Waals surface area contributed by atoms with E-state index in [0.29, 0.717) is 15.6 Å². The number of ether oxygens (including phenoxy) is 2. The molecule has 0 saturated heterocycles. The predicted molar refractivity (Wildman–Crippen MR) is 106 cm³/mol. The smallest absolute Gasteiger partial charge is 0.387 e. The maximum Gasteiger partial charge on any atom is 0.387 e. The number of aryl methyl sites for hydroxylation is 1. The van der Waals surface area contributed by atoms with Gasteiger partial charge in [-0.2, -0.15) is 8.78 Å². The van der Waals surface area contributed by atoms with Crippen LogP contribution in [0.1, 0.15) is 20.8 Å². The summed E-state index contributed by atoms with van der Waals surface area (Å²) in [7, 11) is 0. The number of thiophene rings is 1. The van der Waals surface area contributed by atoms with E-state index in [1.807, 2.05) is 19.1 Å². The zero-order chi connectivity index (χ0) is 20.1. The Hall–Kier alpha value is -2.64. The Labute approximate surface area is 169 Å². The standard InChI is InChI=1S/C20H16ClF2NO3S/c1-12-6-7-14(21)17(8-12)26-10-13-9-18(28-11-13)19(25)24-15-4-2-3-5-16(15)27-20(22)23/h2-9,11,20H,10H2,1H3,(H,24,25). The van der Waals surface area contributed by atoms with Crippen LogP contribution in [0.5, 0.6) is 11.5 Å². The summed E-state index contributed by atoms with van der Waals surface area (Å²) in [6.07, 6.45) is 0. The molecule has 0 aliphatic heterocycles. The van der Waals surface area contributed by atoms with Crippen LogP contribution in [0.3, 0.4) is 0 Å². The molecular formula is C20H16ClF2NO3S. The van der Waals surface area contributed by atoms with Gasteiger partial charge < -0.3 is 14.8 Å². The molecule has 1 N–H and O–H groups in total. The van der Waals surface area contributed by atoms with E-state index in [9.17, 15) is 13.6 Å². The first kappa shape index (κ1) is 20.1. The number of halogens is 3. The van der Waals surface area contributed by atoms with E-state index < -0.39 is 12.5 Å². The van der Waals surface area contributed by atoms with Crippen LogP contribution in [0.4, 0.5) is 14.5 Å². The van der Waals surface area contributed by atoms with E-state index >= 15 is 0 Å². The highest BCUT2D eigenvalue weighted by Crippen LogP contribution is 2.28. The molecule has 0 atom stereocenters. The van der Waals surface area contributed by atoms with Crippen molar-refractivity contribution < 1.29 is 23.0 Å². The summed E-state index contributed by atoms with van der Waals surface area (Å²) >= 11 is 7.33. The van der Waals surface area contributed by atoms with Gasteiger partial charge in [0.15, 0.2) is 0 Å². The van der Waals surface area contributed by atoms with Crippen molar-refractivity contribution in [2.24, 2.45) is 0 Å². The van der Waals surface area contributed by atoms with E-state index in [4.69, 9.17) is 16.3 Å². The molecule has 2 aromatic carbocycles. The molecule has 1 aromatic heterocycles. The fraction of sp³-hybridized carbons (Fsp3) is 0.150. The zero-order valence-electron chi connectivity index (χ0n) is 14.7. The average molecular weight is 424 g/mol. The second kappa shape index (κ2) is 9.03. The molecule has 0 fully saturated rings. The van der Waals surface area contributed by atoms with Gasteiger partial charge in [-0.3, -0.25) is 4.79 Å². The van der Waals surface area contributed by atoms with Gasteiger partial charge in [0, 0.05) is 5.56 Å². The largest absolute Gasteiger partial charge is 0.487 e. The van der Waals surface area contributed by atoms with Crippen molar-refractivity contribution in [2.45, 2.75) is 20.1 Å². The van der Waals surface area contributed by atoms with E-state index in [-0.39, 0.29) is 18.0 Å². The van der Waals surface area contributed by atoms with Crippen LogP contribution in [0, 0.1) is 6.92 Å². The number of hydrogen-bond donors (Lipinski definition) is 1. The number of hydrogen-bond acceptors (Lipinski definition) is 4. The molecule has 28 heavy (non-hydrogen) atoms. The van der Waals surface area contributed by atoms with Crippen molar-refractivity contribution in [3.05, 3.63) is 74.9 Å². The van der Waals surface area contributed by atoms with Gasteiger partial charge in [-0.25, -0.2) is 0 Å². The van der Waals surface area contributed by atoms with E-state index in [1.54, 1.807) is 29.6 Å². The third kappa shape index (κ3) is 5.21. The second-order valence-corrected chi connectivity index (χ2v) is 7.19. The summed E-state index contributed by atoms with van der Waals surface area (Å²) < 4.78 is 35.1. The minimum Gasteiger partial charge on any atom is -0.487 e. The summed E-state index contributed by atoms with van der Waals surface area (Å²) in [6.45, 7) is -0.791. The van der Waals surface area contributed by atoms with Crippen molar-refractivity contribution in [3.8, 4) is 11.5 Å². The molecule has 0 bridgehead atoms. The minimum absolute atomic E-state index is 0.0972. The molecule has 0 radical (unpaired) electrons. The maximum atomic E-state index is 12.5. The molecule has 0 spiro atoms. The Morgan fingerprint density at radius 1 is 1.18 bits per heavy atom. The molecule has 4 nitrogen and oxygen atoms in total. The molecule has 1 heterocycles. The Bertz CT molecular complexity index is 978. The number of carbonyl (C=O) groups is 1. The monoisotopic (exact) mass is 423 g/mol. The van der Waals surface area contributed by atoms with Gasteiger partial charge in [-0.1, -0.05) is 29.8 Å². The van der Waals surface area contributed by atoms with Gasteiger partial charge in [-0.05, 0) is 48.2 Å². The number of para-hydroxylation sites is 2. The fourth-order valence-electron chi connectivity index (χ4n) is 2.41. The highest BCUT2D eigenvalue weighted by Gasteiger charge is 2.14. The Balaban J connectivity index is 1.65. The number of carbonyl (C=O) groups excluding carboxylic acids is 1. The normalized spacial score (nSPS) is 10.8. The molecule has 3 rings (SSSR count). The summed E-state index contributed by atoms with van der Waals surface area (Å²) in [5.74, 6) is 0.0483. The van der Waals surface area contributed by atoms with E-state index in [2.05, 4.69) is 10.1 Å². The first-order valence-electron chi connectivity index (χ1n) is 8.24. The van der Waals surface area contributed by atoms with Crippen LogP contribution in [-0.2, 0) is 6.61 Å². The van der Waals surface area contributed by atoms with Crippen LogP contribution in [0.2, 0.25) is 5.02 Å². The zero-order valence-corrected chi connectivity index (χ0v) is 16.3. The van der Waals surface area contributed by atoms with Crippen molar-refractivity contribution in [1.82, 2.24) is 0 Å². The maximum absolute atomic E-state index is 12.5. The van der Waals surface area contributed by atoms with E-state index in [0.717, 1.165) is 11.1 Å². The van der Waals surface area contributed by atoms with E-state index in [1.165, 1.54) is 23.5 Å². The molecule has 3 aromatic rings. The van der Waals surface area contributed by atoms with Crippen molar-refractivity contribution in [3.63, 3.8) is 0 Å². The first-order valence-corrected chi connectivity index (χ1v) is 9.49. The van der Waals surface area contributed by atoms with Gasteiger partial charge in [0.1, 0.15) is 18.1 Å². The van der Waals surface area contributed by atoms with Crippen molar-refractivity contribution in [1.29, 1.82) is 0 Å². The molecule has 0 aliphatic rings. The molecule has 1 amide bonds. The van der Waals surface area contributed by atoms with Gasteiger partial charge in [0.05, 0.1) is 15.6 Å². The van der Waals surface area contributed by atoms with Gasteiger partial charge in [-0.15, -0.1) is 11.3 Å². The third-order valence-corrected chi connectivity index (χ3v) is 5.00. The van der Waals surface area contributed by atoms with Gasteiger partial charge in [0.2, 0.25) is 0 Å². The average Bonchev–Trinajstić information content (AvgIpc) is 3.13. The van der Waals surface area contributed by atoms with Gasteiger partial charge in [0.25, 0.3) is 5.91 Å².